The quantitative estimate of drug-likeness (QED) is 0.570. The van der Waals surface area contributed by atoms with Crippen LogP contribution in [0.15, 0.2) is 20.3 Å². The largest absolute Gasteiger partial charge is 0.406 e. The normalized spacial score (nSPS) is 8.50. The van der Waals surface area contributed by atoms with Gasteiger partial charge in [-0.25, -0.2) is 0 Å². The summed E-state index contributed by atoms with van der Waals surface area (Å²) in [5.41, 5.74) is -1.07. The molecule has 0 amide bonds. The van der Waals surface area contributed by atoms with Crippen LogP contribution in [0.2, 0.25) is 0 Å². The first-order valence-corrected chi connectivity index (χ1v) is 2.91. The molecule has 1 heterocycles. The molecule has 0 atom stereocenters. The van der Waals surface area contributed by atoms with Gasteiger partial charge in [0.2, 0.25) is 0 Å². The fourth-order valence-electron chi connectivity index (χ4n) is 0.363. The molecule has 4 nitrogen and oxygen atoms in total. The summed E-state index contributed by atoms with van der Waals surface area (Å²) in [6.45, 7) is 0. The van der Waals surface area contributed by atoms with E-state index in [-0.39, 0.29) is 4.47 Å². The second-order valence-corrected chi connectivity index (χ2v) is 2.22. The number of H-pyrrole nitrogens is 1. The minimum absolute atomic E-state index is 0. The van der Waals surface area contributed by atoms with Crippen LogP contribution in [0.3, 0.4) is 0 Å². The first-order chi connectivity index (χ1) is 4.20. The van der Waals surface area contributed by atoms with E-state index in [1.54, 1.807) is 0 Å². The summed E-state index contributed by atoms with van der Waals surface area (Å²) in [6.07, 6.45) is 1.17. The Balaban J connectivity index is 0.000000810. The molecule has 0 aromatic carbocycles. The van der Waals surface area contributed by atoms with Crippen LogP contribution in [0.1, 0.15) is 0 Å². The van der Waals surface area contributed by atoms with Gasteiger partial charge in [-0.3, -0.25) is 9.59 Å². The Morgan fingerprint density at radius 3 is 2.50 bits per heavy atom. The first kappa shape index (κ1) is 8.16. The van der Waals surface area contributed by atoms with Crippen molar-refractivity contribution < 1.29 is 0 Å². The third-order valence-electron chi connectivity index (χ3n) is 0.733. The van der Waals surface area contributed by atoms with Crippen molar-refractivity contribution in [1.29, 1.82) is 0 Å². The van der Waals surface area contributed by atoms with Crippen LogP contribution >= 0.6 is 15.9 Å². The molecule has 0 saturated heterocycles. The van der Waals surface area contributed by atoms with E-state index in [1.807, 2.05) is 4.98 Å². The van der Waals surface area contributed by atoms with Gasteiger partial charge in [0.1, 0.15) is 0 Å². The van der Waals surface area contributed by atoms with Gasteiger partial charge in [0.05, 0.1) is 4.47 Å². The predicted molar refractivity (Wildman–Crippen MR) is 34.4 cm³/mol. The molecule has 1 aromatic rings. The van der Waals surface area contributed by atoms with E-state index in [4.69, 9.17) is 0 Å². The third-order valence-corrected chi connectivity index (χ3v) is 1.30. The van der Waals surface area contributed by atoms with Crippen LogP contribution in [0.5, 0.6) is 0 Å². The van der Waals surface area contributed by atoms with Crippen LogP contribution in [0.4, 0.5) is 0 Å². The maximum Gasteiger partial charge on any atom is 0.184 e. The molecule has 0 aliphatic carbocycles. The van der Waals surface area contributed by atoms with E-state index in [2.05, 4.69) is 20.9 Å². The number of aromatic amines is 1. The number of aromatic nitrogens is 2. The van der Waals surface area contributed by atoms with Gasteiger partial charge in [-0.05, 0) is 15.9 Å². The summed E-state index contributed by atoms with van der Waals surface area (Å²) in [7, 11) is 0. The predicted octanol–water partition coefficient (Wildman–Crippen LogP) is -0.545. The van der Waals surface area contributed by atoms with Gasteiger partial charge in [0.15, 0.2) is 11.2 Å². The Labute approximate surface area is 58.1 Å². The molecule has 0 radical (unpaired) electrons. The molecule has 1 N–H and O–H groups in total. The Morgan fingerprint density at radius 1 is 1.50 bits per heavy atom. The summed E-state index contributed by atoms with van der Waals surface area (Å²) >= 11 is 2.88. The van der Waals surface area contributed by atoms with Gasteiger partial charge in [-0.2, -0.15) is 0 Å². The van der Waals surface area contributed by atoms with Crippen LogP contribution in [0.25, 0.3) is 0 Å². The van der Waals surface area contributed by atoms with Crippen LogP contribution in [-0.2, 0) is 0 Å². The van der Waals surface area contributed by atoms with Gasteiger partial charge in [-0.1, -0.05) is 6.20 Å². The Morgan fingerprint density at radius 2 is 2.10 bits per heavy atom. The molecule has 1 rings (SSSR count). The molecule has 0 bridgehead atoms. The molecule has 0 aliphatic heterocycles. The van der Waals surface area contributed by atoms with Gasteiger partial charge in [0, 0.05) is 0 Å². The average molecular weight is 457 g/mol. The molecule has 6 heteroatoms. The number of nitrogens with one attached hydrogen (secondary N) is 1. The van der Waals surface area contributed by atoms with E-state index in [1.165, 1.54) is 6.20 Å². The van der Waals surface area contributed by atoms with Crippen molar-refractivity contribution in [2.45, 2.75) is 0 Å². The molecule has 50 valence electrons. The van der Waals surface area contributed by atoms with Crippen LogP contribution < -0.4 is 16.2 Å². The first-order valence-electron chi connectivity index (χ1n) is 2.12. The van der Waals surface area contributed by atoms with Gasteiger partial charge >= 0.3 is 0 Å². The number of hydrogen-bond donors (Lipinski definition) is 1. The monoisotopic (exact) mass is 456 g/mol. The molecule has 0 aliphatic rings. The molecule has 0 unspecified atom stereocenters. The fraction of sp³-hybridized carbons (Fsp3) is 0. The van der Waals surface area contributed by atoms with Crippen molar-refractivity contribution >= 4 is 15.9 Å². The molecule has 1 aromatic heterocycles. The Bertz CT molecular complexity index is 318. The average Bonchev–Trinajstić information content (AvgIpc) is 1.80. The number of rotatable bonds is 0. The number of nitrogens with zero attached hydrogens (tertiary/aromatic N) is 1. The van der Waals surface area contributed by atoms with Crippen molar-refractivity contribution in [2.24, 2.45) is 0 Å². The van der Waals surface area contributed by atoms with E-state index in [9.17, 15) is 9.59 Å². The van der Waals surface area contributed by atoms with Crippen molar-refractivity contribution in [1.82, 2.24) is 9.97 Å². The summed E-state index contributed by atoms with van der Waals surface area (Å²) in [5, 5.41) is 0. The van der Waals surface area contributed by atoms with Crippen molar-refractivity contribution in [3.8, 4) is 0 Å². The van der Waals surface area contributed by atoms with Crippen molar-refractivity contribution in [2.75, 3.05) is 0 Å². The topological polar surface area (TPSA) is 64.0 Å². The smallest absolute Gasteiger partial charge is 0.184 e. The molecule has 0 saturated carbocycles. The molecule has 0 fully saturated rings. The molecular weight excluding hydrogens is 455 g/mol. The Hall–Kier alpha value is -1.84. The molecule has 10 heavy (non-hydrogen) atoms. The third kappa shape index (κ3) is 1.32. The zero-order valence-corrected chi connectivity index (χ0v) is 12.9. The van der Waals surface area contributed by atoms with Gasteiger partial charge in [0.25, 0.3) is 0 Å². The van der Waals surface area contributed by atoms with Gasteiger partial charge < -0.3 is 9.97 Å². The van der Waals surface area contributed by atoms with Gasteiger partial charge in [-0.15, -0.1) is 0 Å². The van der Waals surface area contributed by atoms with E-state index >= 15 is 0 Å². The summed E-state index contributed by atoms with van der Waals surface area (Å²) in [6, 6.07) is 0. The minimum Gasteiger partial charge on any atom is -0.406 e. The zero-order chi connectivity index (χ0) is 6.85. The van der Waals surface area contributed by atoms with Crippen LogP contribution in [-0.4, -0.2) is 4.98 Å². The fourth-order valence-corrected chi connectivity index (χ4v) is 0.565. The summed E-state index contributed by atoms with van der Waals surface area (Å²) in [5.74, 6) is 0. The zero-order valence-electron chi connectivity index (χ0n) is 4.93. The molecular formula is C4H2BrN2O2Rf-. The summed E-state index contributed by atoms with van der Waals surface area (Å²) in [4.78, 5) is 26.0. The second kappa shape index (κ2) is 2.63. The maximum absolute atomic E-state index is 10.5. The van der Waals surface area contributed by atoms with Crippen LogP contribution in [0, 0.1) is 0 Å². The van der Waals surface area contributed by atoms with E-state index in [0.717, 1.165) is 0 Å². The van der Waals surface area contributed by atoms with E-state index < -0.39 is 11.2 Å². The van der Waals surface area contributed by atoms with Crippen molar-refractivity contribution in [3.05, 3.63) is 31.5 Å². The SMILES string of the molecule is O=c1[n-]cc(Br)c(=O)[nH]1.[Rf]. The van der Waals surface area contributed by atoms with Crippen molar-refractivity contribution in [3.63, 3.8) is 0 Å². The number of hydrogen-bond acceptors (Lipinski definition) is 2. The Kier molecular flexibility index (Phi) is 2.15. The van der Waals surface area contributed by atoms with E-state index in [0.29, 0.717) is 0 Å². The maximum atomic E-state index is 10.5. The molecule has 0 spiro atoms. The summed E-state index contributed by atoms with van der Waals surface area (Å²) < 4.78 is 0.266. The standard InChI is InChI=1S/C4H3BrN2O2.Rf/c5-2-1-6-4(9)7-3(2)8;/h1H,(H2,6,7,8,9);/p-1. The second-order valence-electron chi connectivity index (χ2n) is 1.37. The minimum atomic E-state index is -0.622. The number of halogens is 1.